The van der Waals surface area contributed by atoms with Crippen LogP contribution in [0.2, 0.25) is 0 Å². The van der Waals surface area contributed by atoms with Crippen molar-refractivity contribution in [1.82, 2.24) is 0 Å². The zero-order valence-corrected chi connectivity index (χ0v) is 21.0. The van der Waals surface area contributed by atoms with Crippen molar-refractivity contribution in [2.75, 3.05) is 0 Å². The van der Waals surface area contributed by atoms with Crippen molar-refractivity contribution in [3.8, 4) is 0 Å². The molecular weight excluding hydrogens is 400 g/mol. The third-order valence-corrected chi connectivity index (χ3v) is 7.85. The van der Waals surface area contributed by atoms with E-state index >= 15 is 0 Å². The lowest BCUT2D eigenvalue weighted by molar-refractivity contribution is -0.147. The Kier molecular flexibility index (Phi) is 9.36. The number of aliphatic carboxylic acids is 2. The van der Waals surface area contributed by atoms with Crippen molar-refractivity contribution in [2.24, 2.45) is 10.8 Å². The van der Waals surface area contributed by atoms with Gasteiger partial charge in [-0.05, 0) is 114 Å². The fourth-order valence-electron chi connectivity index (χ4n) is 4.80. The number of carboxylic acid groups (broad SMARTS) is 2. The average Bonchev–Trinajstić information content (AvgIpc) is 3.51. The highest BCUT2D eigenvalue weighted by atomic mass is 16.4. The van der Waals surface area contributed by atoms with Crippen molar-refractivity contribution in [3.63, 3.8) is 0 Å². The molecule has 0 unspecified atom stereocenters. The van der Waals surface area contributed by atoms with Crippen molar-refractivity contribution in [3.05, 3.63) is 33.9 Å². The van der Waals surface area contributed by atoms with Gasteiger partial charge in [-0.2, -0.15) is 0 Å². The minimum absolute atomic E-state index is 0.387. The number of hydrogen-bond donors (Lipinski definition) is 2. The van der Waals surface area contributed by atoms with Gasteiger partial charge in [0.05, 0.1) is 10.8 Å². The van der Waals surface area contributed by atoms with Gasteiger partial charge in [-0.3, -0.25) is 9.59 Å². The number of aryl methyl sites for hydroxylation is 2. The highest BCUT2D eigenvalue weighted by Gasteiger charge is 2.49. The standard InChI is InChI=1S/C28H44O4/c1-20-19-23(13-9-8-12-16-28(17-18-28)26(31)32)24(22(3)21(20)2)14-10-6-7-11-15-27(4,5)25(29)30/h19H,6-18H2,1-5H3,(H,29,30)(H,31,32). The molecule has 0 saturated heterocycles. The molecule has 2 N–H and O–H groups in total. The Balaban J connectivity index is 1.82. The number of hydrogen-bond acceptors (Lipinski definition) is 2. The van der Waals surface area contributed by atoms with Crippen molar-refractivity contribution < 1.29 is 19.8 Å². The molecule has 0 amide bonds. The first-order valence-electron chi connectivity index (χ1n) is 12.6. The van der Waals surface area contributed by atoms with Gasteiger partial charge >= 0.3 is 11.9 Å². The SMILES string of the molecule is Cc1cc(CCCCCC2(C(=O)O)CC2)c(CCCCCCC(C)(C)C(=O)O)c(C)c1C. The zero-order chi connectivity index (χ0) is 23.9. The van der Waals surface area contributed by atoms with Crippen LogP contribution in [0.4, 0.5) is 0 Å². The van der Waals surface area contributed by atoms with Gasteiger partial charge in [0.25, 0.3) is 0 Å². The van der Waals surface area contributed by atoms with Gasteiger partial charge in [-0.15, -0.1) is 0 Å². The summed E-state index contributed by atoms with van der Waals surface area (Å²) in [5, 5.41) is 18.6. The van der Waals surface area contributed by atoms with Crippen LogP contribution in [0.5, 0.6) is 0 Å². The predicted octanol–water partition coefficient (Wildman–Crippen LogP) is 7.18. The minimum atomic E-state index is -0.705. The van der Waals surface area contributed by atoms with Gasteiger partial charge < -0.3 is 10.2 Å². The van der Waals surface area contributed by atoms with Crippen LogP contribution in [0.15, 0.2) is 6.07 Å². The molecule has 1 fully saturated rings. The summed E-state index contributed by atoms with van der Waals surface area (Å²) < 4.78 is 0. The summed E-state index contributed by atoms with van der Waals surface area (Å²) in [6.07, 6.45) is 13.0. The first-order chi connectivity index (χ1) is 15.0. The summed E-state index contributed by atoms with van der Waals surface area (Å²) in [5.74, 6) is -1.31. The Morgan fingerprint density at radius 3 is 2.06 bits per heavy atom. The van der Waals surface area contributed by atoms with Crippen molar-refractivity contribution >= 4 is 11.9 Å². The van der Waals surface area contributed by atoms with Gasteiger partial charge in [-0.25, -0.2) is 0 Å². The van der Waals surface area contributed by atoms with Crippen LogP contribution in [-0.2, 0) is 22.4 Å². The van der Waals surface area contributed by atoms with Crippen molar-refractivity contribution in [2.45, 2.75) is 118 Å². The quantitative estimate of drug-likeness (QED) is 0.281. The van der Waals surface area contributed by atoms with Crippen LogP contribution < -0.4 is 0 Å². The molecule has 1 saturated carbocycles. The van der Waals surface area contributed by atoms with Crippen LogP contribution in [0.3, 0.4) is 0 Å². The lowest BCUT2D eigenvalue weighted by Crippen LogP contribution is -2.23. The number of unbranched alkanes of at least 4 members (excludes halogenated alkanes) is 5. The van der Waals surface area contributed by atoms with E-state index in [0.717, 1.165) is 83.5 Å². The third-order valence-electron chi connectivity index (χ3n) is 7.85. The van der Waals surface area contributed by atoms with Crippen molar-refractivity contribution in [1.29, 1.82) is 0 Å². The Bertz CT molecular complexity index is 802. The zero-order valence-electron chi connectivity index (χ0n) is 21.0. The van der Waals surface area contributed by atoms with E-state index in [1.165, 1.54) is 27.8 Å². The summed E-state index contributed by atoms with van der Waals surface area (Å²) in [7, 11) is 0. The molecule has 1 aliphatic carbocycles. The van der Waals surface area contributed by atoms with Gasteiger partial charge in [0.2, 0.25) is 0 Å². The van der Waals surface area contributed by atoms with Crippen LogP contribution in [0.25, 0.3) is 0 Å². The fourth-order valence-corrected chi connectivity index (χ4v) is 4.80. The molecule has 1 aliphatic rings. The molecule has 32 heavy (non-hydrogen) atoms. The number of benzene rings is 1. The highest BCUT2D eigenvalue weighted by molar-refractivity contribution is 5.77. The smallest absolute Gasteiger partial charge is 0.309 e. The second-order valence-electron chi connectivity index (χ2n) is 10.8. The molecule has 180 valence electrons. The molecule has 1 aromatic carbocycles. The van der Waals surface area contributed by atoms with E-state index in [1.807, 2.05) is 13.8 Å². The fraction of sp³-hybridized carbons (Fsp3) is 0.714. The molecule has 0 heterocycles. The maximum Gasteiger partial charge on any atom is 0.309 e. The van der Waals surface area contributed by atoms with Crippen LogP contribution in [0, 0.1) is 31.6 Å². The Morgan fingerprint density at radius 1 is 0.875 bits per heavy atom. The number of carboxylic acids is 2. The maximum atomic E-state index is 11.3. The van der Waals surface area contributed by atoms with Crippen LogP contribution in [0.1, 0.15) is 112 Å². The molecule has 1 aromatic rings. The molecule has 4 heteroatoms. The van der Waals surface area contributed by atoms with E-state index < -0.39 is 17.4 Å². The molecular formula is C28H44O4. The monoisotopic (exact) mass is 444 g/mol. The van der Waals surface area contributed by atoms with E-state index in [9.17, 15) is 19.8 Å². The number of carbonyl (C=O) groups is 2. The molecule has 0 aliphatic heterocycles. The first-order valence-corrected chi connectivity index (χ1v) is 12.6. The normalized spacial score (nSPS) is 15.0. The second kappa shape index (κ2) is 11.3. The predicted molar refractivity (Wildman–Crippen MR) is 130 cm³/mol. The molecule has 0 spiro atoms. The van der Waals surface area contributed by atoms with Crippen LogP contribution >= 0.6 is 0 Å². The maximum absolute atomic E-state index is 11.3. The molecule has 0 atom stereocenters. The highest BCUT2D eigenvalue weighted by Crippen LogP contribution is 2.50. The summed E-state index contributed by atoms with van der Waals surface area (Å²) in [4.78, 5) is 22.6. The first kappa shape index (κ1) is 26.4. The Morgan fingerprint density at radius 2 is 1.47 bits per heavy atom. The lowest BCUT2D eigenvalue weighted by Gasteiger charge is -2.19. The van der Waals surface area contributed by atoms with E-state index in [1.54, 1.807) is 0 Å². The van der Waals surface area contributed by atoms with Gasteiger partial charge in [0.15, 0.2) is 0 Å². The Hall–Kier alpha value is -1.84. The van der Waals surface area contributed by atoms with E-state index in [2.05, 4.69) is 26.8 Å². The minimum Gasteiger partial charge on any atom is -0.481 e. The van der Waals surface area contributed by atoms with E-state index in [4.69, 9.17) is 0 Å². The third kappa shape index (κ3) is 7.08. The molecule has 2 rings (SSSR count). The summed E-state index contributed by atoms with van der Waals surface area (Å²) in [5.41, 5.74) is 6.14. The molecule has 4 nitrogen and oxygen atoms in total. The summed E-state index contributed by atoms with van der Waals surface area (Å²) in [6, 6.07) is 2.37. The molecule has 0 bridgehead atoms. The Labute approximate surface area is 194 Å². The topological polar surface area (TPSA) is 74.6 Å². The molecule has 0 aromatic heterocycles. The van der Waals surface area contributed by atoms with E-state index in [0.29, 0.717) is 0 Å². The van der Waals surface area contributed by atoms with E-state index in [-0.39, 0.29) is 5.41 Å². The number of rotatable bonds is 15. The average molecular weight is 445 g/mol. The van der Waals surface area contributed by atoms with Gasteiger partial charge in [0.1, 0.15) is 0 Å². The summed E-state index contributed by atoms with van der Waals surface area (Å²) >= 11 is 0. The van der Waals surface area contributed by atoms with Gasteiger partial charge in [-0.1, -0.05) is 38.2 Å². The van der Waals surface area contributed by atoms with Gasteiger partial charge in [0, 0.05) is 0 Å². The summed E-state index contributed by atoms with van der Waals surface area (Å²) in [6.45, 7) is 10.3. The molecule has 0 radical (unpaired) electrons. The largest absolute Gasteiger partial charge is 0.481 e. The van der Waals surface area contributed by atoms with Crippen LogP contribution in [-0.4, -0.2) is 22.2 Å². The lowest BCUT2D eigenvalue weighted by atomic mass is 9.86. The second-order valence-corrected chi connectivity index (χ2v) is 10.8.